The second-order valence-electron chi connectivity index (χ2n) is 3.36. The Labute approximate surface area is 113 Å². The maximum atomic E-state index is 9.23. The molecule has 2 N–H and O–H groups in total. The van der Waals surface area contributed by atoms with Crippen molar-refractivity contribution in [1.82, 2.24) is 20.3 Å². The number of nitrogens with one attached hydrogen (secondary N) is 2. The Morgan fingerprint density at radius 3 is 2.83 bits per heavy atom. The lowest BCUT2D eigenvalue weighted by Gasteiger charge is -2.05. The van der Waals surface area contributed by atoms with Crippen LogP contribution in [0.1, 0.15) is 12.7 Å². The van der Waals surface area contributed by atoms with Crippen LogP contribution in [0.2, 0.25) is 5.28 Å². The Kier molecular flexibility index (Phi) is 3.69. The number of hydrogen-bond donors (Lipinski definition) is 2. The Balaban J connectivity index is 2.47. The minimum Gasteiger partial charge on any atom is -0.357 e. The SMILES string of the molecule is CNc1nc(Cl)nc(C(C#N)=C2NC(C)=CS2)n1. The number of rotatable bonds is 2. The summed E-state index contributed by atoms with van der Waals surface area (Å²) in [5.41, 5.74) is 1.31. The molecule has 1 aromatic rings. The smallest absolute Gasteiger partial charge is 0.227 e. The molecule has 2 heterocycles. The maximum Gasteiger partial charge on any atom is 0.227 e. The van der Waals surface area contributed by atoms with Crippen LogP contribution in [-0.2, 0) is 0 Å². The fourth-order valence-corrected chi connectivity index (χ4v) is 2.27. The number of allylic oxidation sites excluding steroid dienone is 2. The van der Waals surface area contributed by atoms with Gasteiger partial charge in [-0.05, 0) is 23.9 Å². The first-order valence-corrected chi connectivity index (χ1v) is 6.24. The van der Waals surface area contributed by atoms with Crippen LogP contribution < -0.4 is 10.6 Å². The van der Waals surface area contributed by atoms with Gasteiger partial charge in [0.05, 0.1) is 5.03 Å². The molecule has 0 saturated heterocycles. The van der Waals surface area contributed by atoms with Crippen LogP contribution in [0.3, 0.4) is 0 Å². The van der Waals surface area contributed by atoms with Crippen molar-refractivity contribution in [2.75, 3.05) is 12.4 Å². The predicted octanol–water partition coefficient (Wildman–Crippen LogP) is 1.96. The molecule has 8 heteroatoms. The van der Waals surface area contributed by atoms with Crippen LogP contribution in [-0.4, -0.2) is 22.0 Å². The fraction of sp³-hybridized carbons (Fsp3) is 0.200. The quantitative estimate of drug-likeness (QED) is 0.801. The van der Waals surface area contributed by atoms with Crippen molar-refractivity contribution in [2.45, 2.75) is 6.92 Å². The largest absolute Gasteiger partial charge is 0.357 e. The Bertz CT molecular complexity index is 589. The summed E-state index contributed by atoms with van der Waals surface area (Å²) >= 11 is 7.21. The molecule has 0 unspecified atom stereocenters. The second kappa shape index (κ2) is 5.25. The lowest BCUT2D eigenvalue weighted by Crippen LogP contribution is -2.08. The van der Waals surface area contributed by atoms with Crippen LogP contribution in [0.25, 0.3) is 5.57 Å². The molecule has 0 spiro atoms. The highest BCUT2D eigenvalue weighted by Crippen LogP contribution is 2.30. The first-order valence-electron chi connectivity index (χ1n) is 4.98. The summed E-state index contributed by atoms with van der Waals surface area (Å²) in [5.74, 6) is 0.575. The van der Waals surface area contributed by atoms with E-state index in [1.165, 1.54) is 11.8 Å². The van der Waals surface area contributed by atoms with E-state index in [0.29, 0.717) is 16.6 Å². The van der Waals surface area contributed by atoms with E-state index in [9.17, 15) is 5.26 Å². The van der Waals surface area contributed by atoms with Gasteiger partial charge in [0.1, 0.15) is 11.6 Å². The number of nitriles is 1. The lowest BCUT2D eigenvalue weighted by atomic mass is 10.3. The van der Waals surface area contributed by atoms with Crippen LogP contribution in [0.4, 0.5) is 5.95 Å². The van der Waals surface area contributed by atoms with Crippen LogP contribution in [0.15, 0.2) is 16.1 Å². The highest BCUT2D eigenvalue weighted by atomic mass is 35.5. The van der Waals surface area contributed by atoms with E-state index in [-0.39, 0.29) is 11.1 Å². The number of hydrogen-bond acceptors (Lipinski definition) is 7. The molecule has 1 aromatic heterocycles. The molecule has 2 rings (SSSR count). The summed E-state index contributed by atoms with van der Waals surface area (Å²) in [4.78, 5) is 12.0. The van der Waals surface area contributed by atoms with Gasteiger partial charge < -0.3 is 10.6 Å². The Morgan fingerprint density at radius 1 is 1.50 bits per heavy atom. The third-order valence-electron chi connectivity index (χ3n) is 2.06. The molecule has 6 nitrogen and oxygen atoms in total. The van der Waals surface area contributed by atoms with E-state index in [4.69, 9.17) is 11.6 Å². The lowest BCUT2D eigenvalue weighted by molar-refractivity contribution is 1.01. The minimum absolute atomic E-state index is 0.0466. The van der Waals surface area contributed by atoms with Crippen molar-refractivity contribution in [1.29, 1.82) is 5.26 Å². The van der Waals surface area contributed by atoms with Gasteiger partial charge in [-0.2, -0.15) is 20.2 Å². The molecular formula is C10H9ClN6S. The summed E-state index contributed by atoms with van der Waals surface area (Å²) in [7, 11) is 1.67. The average Bonchev–Trinajstić information content (AvgIpc) is 2.76. The Morgan fingerprint density at radius 2 is 2.28 bits per heavy atom. The first kappa shape index (κ1) is 12.7. The zero-order chi connectivity index (χ0) is 13.1. The number of nitrogens with zero attached hydrogens (tertiary/aromatic N) is 4. The van der Waals surface area contributed by atoms with Gasteiger partial charge in [-0.3, -0.25) is 0 Å². The molecule has 0 saturated carbocycles. The zero-order valence-electron chi connectivity index (χ0n) is 9.65. The van der Waals surface area contributed by atoms with Crippen LogP contribution in [0, 0.1) is 11.3 Å². The minimum atomic E-state index is 0.0466. The highest BCUT2D eigenvalue weighted by Gasteiger charge is 2.17. The highest BCUT2D eigenvalue weighted by molar-refractivity contribution is 8.06. The molecule has 0 radical (unpaired) electrons. The normalized spacial score (nSPS) is 16.7. The Hall–Kier alpha value is -1.78. The van der Waals surface area contributed by atoms with Crippen LogP contribution >= 0.6 is 23.4 Å². The van der Waals surface area contributed by atoms with Gasteiger partial charge in [0.15, 0.2) is 5.82 Å². The predicted molar refractivity (Wildman–Crippen MR) is 71.4 cm³/mol. The van der Waals surface area contributed by atoms with Crippen molar-refractivity contribution >= 4 is 34.9 Å². The van der Waals surface area contributed by atoms with E-state index in [1.807, 2.05) is 12.3 Å². The molecule has 1 aliphatic heterocycles. The summed E-state index contributed by atoms with van der Waals surface area (Å²) < 4.78 is 0. The van der Waals surface area contributed by atoms with Gasteiger partial charge in [0, 0.05) is 12.7 Å². The molecule has 1 aliphatic rings. The molecule has 0 aliphatic carbocycles. The molecule has 0 fully saturated rings. The van der Waals surface area contributed by atoms with Crippen molar-refractivity contribution in [3.05, 3.63) is 27.2 Å². The van der Waals surface area contributed by atoms with Gasteiger partial charge in [-0.1, -0.05) is 11.8 Å². The molecule has 0 aromatic carbocycles. The number of aromatic nitrogens is 3. The standard InChI is InChI=1S/C10H9ClN6S/c1-5-4-18-8(14-5)6(3-12)7-15-9(11)17-10(13-2)16-7/h4,14H,1-2H3,(H,13,15,16,17). The molecular weight excluding hydrogens is 272 g/mol. The fourth-order valence-electron chi connectivity index (χ4n) is 1.28. The van der Waals surface area contributed by atoms with E-state index in [1.54, 1.807) is 7.05 Å². The van der Waals surface area contributed by atoms with Crippen molar-refractivity contribution < 1.29 is 0 Å². The summed E-state index contributed by atoms with van der Waals surface area (Å²) in [6, 6.07) is 2.08. The summed E-state index contributed by atoms with van der Waals surface area (Å²) in [5, 5.41) is 17.7. The van der Waals surface area contributed by atoms with Crippen molar-refractivity contribution in [2.24, 2.45) is 0 Å². The monoisotopic (exact) mass is 280 g/mol. The molecule has 18 heavy (non-hydrogen) atoms. The summed E-state index contributed by atoms with van der Waals surface area (Å²) in [6.07, 6.45) is 0. The number of halogens is 1. The third kappa shape index (κ3) is 2.55. The van der Waals surface area contributed by atoms with Gasteiger partial charge in [-0.15, -0.1) is 0 Å². The van der Waals surface area contributed by atoms with E-state index < -0.39 is 0 Å². The van der Waals surface area contributed by atoms with Gasteiger partial charge in [0.2, 0.25) is 11.2 Å². The summed E-state index contributed by atoms with van der Waals surface area (Å²) in [6.45, 7) is 1.91. The molecule has 92 valence electrons. The van der Waals surface area contributed by atoms with E-state index in [2.05, 4.69) is 31.7 Å². The van der Waals surface area contributed by atoms with Gasteiger partial charge >= 0.3 is 0 Å². The molecule has 0 bridgehead atoms. The topological polar surface area (TPSA) is 86.5 Å². The first-order chi connectivity index (χ1) is 8.63. The van der Waals surface area contributed by atoms with Crippen molar-refractivity contribution in [3.8, 4) is 6.07 Å². The second-order valence-corrected chi connectivity index (χ2v) is 4.58. The van der Waals surface area contributed by atoms with E-state index in [0.717, 1.165) is 5.70 Å². The number of thioether (sulfide) groups is 1. The van der Waals surface area contributed by atoms with Gasteiger partial charge in [-0.25, -0.2) is 0 Å². The maximum absolute atomic E-state index is 9.23. The van der Waals surface area contributed by atoms with Crippen molar-refractivity contribution in [3.63, 3.8) is 0 Å². The van der Waals surface area contributed by atoms with Gasteiger partial charge in [0.25, 0.3) is 0 Å². The third-order valence-corrected chi connectivity index (χ3v) is 3.24. The molecule has 0 amide bonds. The van der Waals surface area contributed by atoms with E-state index >= 15 is 0 Å². The molecule has 0 atom stereocenters. The van der Waals surface area contributed by atoms with Crippen LogP contribution in [0.5, 0.6) is 0 Å². The average molecular weight is 281 g/mol. The number of anilines is 1. The zero-order valence-corrected chi connectivity index (χ0v) is 11.2.